The molecule has 0 aliphatic carbocycles. The second-order valence-electron chi connectivity index (χ2n) is 7.08. The molecule has 23 heavy (non-hydrogen) atoms. The Morgan fingerprint density at radius 3 is 2.30 bits per heavy atom. The van der Waals surface area contributed by atoms with E-state index in [1.807, 2.05) is 24.3 Å². The summed E-state index contributed by atoms with van der Waals surface area (Å²) in [4.78, 5) is 13.0. The Hall–Kier alpha value is -2.13. The fourth-order valence-electron chi connectivity index (χ4n) is 3.12. The maximum atomic E-state index is 13.0. The van der Waals surface area contributed by atoms with Gasteiger partial charge in [0.1, 0.15) is 12.4 Å². The predicted molar refractivity (Wildman–Crippen MR) is 97.7 cm³/mol. The summed E-state index contributed by atoms with van der Waals surface area (Å²) < 4.78 is 5.87. The number of hydrogen-bond acceptors (Lipinski definition) is 2. The molecule has 2 aromatic rings. The van der Waals surface area contributed by atoms with Crippen LogP contribution in [0.25, 0.3) is 5.20 Å². The van der Waals surface area contributed by atoms with E-state index in [2.05, 4.69) is 50.8 Å². The Labute approximate surface area is 138 Å². The highest BCUT2D eigenvalue weighted by Gasteiger charge is 2.32. The van der Waals surface area contributed by atoms with Crippen molar-refractivity contribution in [2.24, 2.45) is 0 Å². The molecule has 3 heteroatoms. The molecule has 1 aliphatic rings. The lowest BCUT2D eigenvalue weighted by atomic mass is 9.98. The molecule has 0 N–H and O–H groups in total. The van der Waals surface area contributed by atoms with Crippen molar-refractivity contribution in [1.82, 2.24) is 0 Å². The molecular formula is C20H22O2Si. The fraction of sp³-hybridized carbons (Fsp3) is 0.250. The molecule has 0 saturated carbocycles. The van der Waals surface area contributed by atoms with Crippen LogP contribution in [0.3, 0.4) is 0 Å². The predicted octanol–water partition coefficient (Wildman–Crippen LogP) is 4.90. The average Bonchev–Trinajstić information content (AvgIpc) is 2.51. The number of rotatable bonds is 2. The minimum atomic E-state index is -1.72. The van der Waals surface area contributed by atoms with Crippen LogP contribution >= 0.6 is 0 Å². The topological polar surface area (TPSA) is 26.3 Å². The number of hydrogen-bond donors (Lipinski definition) is 0. The molecule has 1 heterocycles. The number of aryl methyl sites for hydroxylation is 1. The summed E-state index contributed by atoms with van der Waals surface area (Å²) in [5.74, 6) is 0.810. The van der Waals surface area contributed by atoms with Crippen molar-refractivity contribution in [1.29, 1.82) is 0 Å². The molecule has 3 rings (SSSR count). The van der Waals surface area contributed by atoms with Crippen molar-refractivity contribution in [2.75, 3.05) is 6.61 Å². The lowest BCUT2D eigenvalue weighted by Gasteiger charge is -2.28. The van der Waals surface area contributed by atoms with Gasteiger partial charge in [0.15, 0.2) is 5.78 Å². The maximum Gasteiger partial charge on any atom is 0.196 e. The van der Waals surface area contributed by atoms with Crippen LogP contribution in [0.5, 0.6) is 5.75 Å². The van der Waals surface area contributed by atoms with E-state index in [1.54, 1.807) is 0 Å². The van der Waals surface area contributed by atoms with Crippen molar-refractivity contribution >= 4 is 19.1 Å². The quantitative estimate of drug-likeness (QED) is 0.580. The molecule has 0 radical (unpaired) electrons. The highest BCUT2D eigenvalue weighted by atomic mass is 28.3. The summed E-state index contributed by atoms with van der Waals surface area (Å²) >= 11 is 0. The van der Waals surface area contributed by atoms with Gasteiger partial charge in [-0.2, -0.15) is 0 Å². The second-order valence-corrected chi connectivity index (χ2v) is 12.1. The van der Waals surface area contributed by atoms with Gasteiger partial charge >= 0.3 is 0 Å². The van der Waals surface area contributed by atoms with E-state index in [4.69, 9.17) is 4.74 Å². The van der Waals surface area contributed by atoms with E-state index < -0.39 is 8.07 Å². The fourth-order valence-corrected chi connectivity index (χ4v) is 5.25. The maximum absolute atomic E-state index is 13.0. The Morgan fingerprint density at radius 2 is 1.65 bits per heavy atom. The van der Waals surface area contributed by atoms with Crippen LogP contribution in [-0.2, 0) is 0 Å². The summed E-state index contributed by atoms with van der Waals surface area (Å²) in [6.45, 7) is 9.29. The molecule has 0 bridgehead atoms. The van der Waals surface area contributed by atoms with Gasteiger partial charge in [-0.05, 0) is 29.8 Å². The van der Waals surface area contributed by atoms with Crippen LogP contribution in [0.15, 0.2) is 54.1 Å². The van der Waals surface area contributed by atoms with Crippen molar-refractivity contribution in [3.05, 3.63) is 70.8 Å². The third-order valence-corrected chi connectivity index (χ3v) is 6.26. The smallest absolute Gasteiger partial charge is 0.196 e. The minimum absolute atomic E-state index is 0.116. The monoisotopic (exact) mass is 322 g/mol. The zero-order valence-corrected chi connectivity index (χ0v) is 15.1. The van der Waals surface area contributed by atoms with Gasteiger partial charge in [0, 0.05) is 5.57 Å². The van der Waals surface area contributed by atoms with Crippen LogP contribution in [0.1, 0.15) is 21.5 Å². The number of carbonyl (C=O) groups excluding carboxylic acids is 1. The van der Waals surface area contributed by atoms with Gasteiger partial charge < -0.3 is 4.74 Å². The summed E-state index contributed by atoms with van der Waals surface area (Å²) in [7, 11) is -1.72. The highest BCUT2D eigenvalue weighted by Crippen LogP contribution is 2.35. The molecule has 0 fully saturated rings. The van der Waals surface area contributed by atoms with Gasteiger partial charge in [-0.15, -0.1) is 0 Å². The van der Waals surface area contributed by atoms with E-state index >= 15 is 0 Å². The van der Waals surface area contributed by atoms with E-state index in [0.29, 0.717) is 17.9 Å². The average molecular weight is 322 g/mol. The van der Waals surface area contributed by atoms with Gasteiger partial charge in [0.05, 0.1) is 13.6 Å². The molecule has 2 nitrogen and oxygen atoms in total. The normalized spacial score (nSPS) is 16.6. The Balaban J connectivity index is 2.19. The Morgan fingerprint density at radius 1 is 1.00 bits per heavy atom. The molecule has 118 valence electrons. The Kier molecular flexibility index (Phi) is 3.98. The van der Waals surface area contributed by atoms with Gasteiger partial charge in [0.25, 0.3) is 0 Å². The van der Waals surface area contributed by atoms with Crippen LogP contribution in [0.2, 0.25) is 19.6 Å². The SMILES string of the molecule is Cc1ccc(/C(=C2/COc3ccccc3C2=O)[Si](C)(C)C)cc1. The molecule has 0 spiro atoms. The molecule has 2 aromatic carbocycles. The van der Waals surface area contributed by atoms with Crippen molar-refractivity contribution in [2.45, 2.75) is 26.6 Å². The molecule has 0 saturated heterocycles. The first kappa shape index (κ1) is 15.8. The molecule has 0 unspecified atom stereocenters. The molecule has 0 amide bonds. The van der Waals surface area contributed by atoms with Gasteiger partial charge in [-0.1, -0.05) is 61.6 Å². The molecule has 0 aromatic heterocycles. The van der Waals surface area contributed by atoms with Crippen LogP contribution in [0.4, 0.5) is 0 Å². The zero-order chi connectivity index (χ0) is 16.6. The summed E-state index contributed by atoms with van der Waals surface area (Å²) in [5, 5.41) is 1.21. The van der Waals surface area contributed by atoms with Gasteiger partial charge in [-0.3, -0.25) is 4.79 Å². The Bertz CT molecular complexity index is 780. The molecular weight excluding hydrogens is 300 g/mol. The van der Waals surface area contributed by atoms with Gasteiger partial charge in [-0.25, -0.2) is 0 Å². The number of fused-ring (bicyclic) bond motifs is 1. The largest absolute Gasteiger partial charge is 0.488 e. The number of ketones is 1. The first-order valence-electron chi connectivity index (χ1n) is 7.95. The van der Waals surface area contributed by atoms with Crippen LogP contribution in [0, 0.1) is 6.92 Å². The van der Waals surface area contributed by atoms with E-state index in [-0.39, 0.29) is 5.78 Å². The zero-order valence-electron chi connectivity index (χ0n) is 14.1. The number of ether oxygens (including phenoxy) is 1. The first-order chi connectivity index (χ1) is 10.9. The molecule has 0 atom stereocenters. The van der Waals surface area contributed by atoms with Crippen LogP contribution < -0.4 is 4.74 Å². The summed E-state index contributed by atoms with van der Waals surface area (Å²) in [5.41, 5.74) is 3.88. The first-order valence-corrected chi connectivity index (χ1v) is 11.4. The van der Waals surface area contributed by atoms with E-state index in [9.17, 15) is 4.79 Å². The van der Waals surface area contributed by atoms with Crippen LogP contribution in [-0.4, -0.2) is 20.5 Å². The third-order valence-electron chi connectivity index (χ3n) is 4.17. The summed E-state index contributed by atoms with van der Waals surface area (Å²) in [6.07, 6.45) is 0. The number of Topliss-reactive ketones (excluding diaryl/α,β-unsaturated/α-hetero) is 1. The third kappa shape index (κ3) is 3.01. The van der Waals surface area contributed by atoms with E-state index in [0.717, 1.165) is 11.1 Å². The van der Waals surface area contributed by atoms with Crippen molar-refractivity contribution < 1.29 is 9.53 Å². The van der Waals surface area contributed by atoms with Crippen molar-refractivity contribution in [3.8, 4) is 5.75 Å². The second kappa shape index (κ2) is 5.82. The van der Waals surface area contributed by atoms with Crippen molar-refractivity contribution in [3.63, 3.8) is 0 Å². The molecule has 1 aliphatic heterocycles. The van der Waals surface area contributed by atoms with E-state index in [1.165, 1.54) is 10.8 Å². The lowest BCUT2D eigenvalue weighted by molar-refractivity contribution is 0.100. The number of benzene rings is 2. The lowest BCUT2D eigenvalue weighted by Crippen LogP contribution is -2.30. The number of carbonyl (C=O) groups is 1. The standard InChI is InChI=1S/C20H22O2Si/c1-14-9-11-15(12-10-14)20(23(2,3)4)17-13-22-18-8-6-5-7-16(18)19(17)21/h5-12H,13H2,1-4H3/b20-17+. The minimum Gasteiger partial charge on any atom is -0.488 e. The summed E-state index contributed by atoms with van der Waals surface area (Å²) in [6, 6.07) is 16.0. The number of para-hydroxylation sites is 1. The highest BCUT2D eigenvalue weighted by molar-refractivity contribution is 6.94. The van der Waals surface area contributed by atoms with Gasteiger partial charge in [0.2, 0.25) is 0 Å².